The van der Waals surface area contributed by atoms with Crippen molar-refractivity contribution in [2.24, 2.45) is 0 Å². The molecule has 2 aromatic heterocycles. The molecular weight excluding hydrogens is 359 g/mol. The van der Waals surface area contributed by atoms with Gasteiger partial charge in [-0.25, -0.2) is 4.98 Å². The van der Waals surface area contributed by atoms with Crippen molar-refractivity contribution in [3.63, 3.8) is 0 Å². The molecule has 2 aromatic rings. The van der Waals surface area contributed by atoms with Crippen LogP contribution in [0.1, 0.15) is 21.9 Å². The van der Waals surface area contributed by atoms with Crippen LogP contribution in [0.2, 0.25) is 0 Å². The highest BCUT2D eigenvalue weighted by Crippen LogP contribution is 2.24. The van der Waals surface area contributed by atoms with Crippen LogP contribution in [-0.2, 0) is 26.2 Å². The van der Waals surface area contributed by atoms with E-state index in [1.807, 2.05) is 16.9 Å². The van der Waals surface area contributed by atoms with Gasteiger partial charge in [-0.2, -0.15) is 5.10 Å². The van der Waals surface area contributed by atoms with E-state index in [-0.39, 0.29) is 30.7 Å². The summed E-state index contributed by atoms with van der Waals surface area (Å²) >= 11 is 1.75. The number of imidazole rings is 1. The molecule has 10 heteroatoms. The molecule has 0 saturated carbocycles. The second kappa shape index (κ2) is 7.57. The molecule has 2 aliphatic rings. The molecule has 4 rings (SSSR count). The van der Waals surface area contributed by atoms with Crippen molar-refractivity contribution < 1.29 is 4.79 Å². The van der Waals surface area contributed by atoms with Crippen molar-refractivity contribution >= 4 is 42.5 Å². The Kier molecular flexibility index (Phi) is 5.96. The summed E-state index contributed by atoms with van der Waals surface area (Å²) in [6.07, 6.45) is 2.01. The van der Waals surface area contributed by atoms with Gasteiger partial charge in [0.2, 0.25) is 0 Å². The van der Waals surface area contributed by atoms with Crippen LogP contribution in [0.25, 0.3) is 0 Å². The maximum atomic E-state index is 12.2. The van der Waals surface area contributed by atoms with Gasteiger partial charge in [0.1, 0.15) is 0 Å². The largest absolute Gasteiger partial charge is 0.345 e. The molecule has 0 unspecified atom stereocenters. The van der Waals surface area contributed by atoms with E-state index in [1.54, 1.807) is 11.8 Å². The Labute approximate surface area is 150 Å². The highest BCUT2D eigenvalue weighted by atomic mass is 35.5. The minimum atomic E-state index is -0.141. The van der Waals surface area contributed by atoms with Gasteiger partial charge < -0.3 is 15.2 Å². The first-order chi connectivity index (χ1) is 10.3. The van der Waals surface area contributed by atoms with Crippen molar-refractivity contribution in [2.75, 3.05) is 12.3 Å². The summed E-state index contributed by atoms with van der Waals surface area (Å²) in [7, 11) is 0. The maximum absolute atomic E-state index is 12.2. The van der Waals surface area contributed by atoms with Crippen LogP contribution < -0.4 is 10.6 Å². The van der Waals surface area contributed by atoms with E-state index >= 15 is 0 Å². The number of carbonyl (C=O) groups excluding carboxylic acids is 1. The lowest BCUT2D eigenvalue weighted by molar-refractivity contribution is 0.0944. The third kappa shape index (κ3) is 3.65. The van der Waals surface area contributed by atoms with E-state index in [0.717, 1.165) is 48.5 Å². The first-order valence-corrected chi connectivity index (χ1v) is 8.03. The average molecular weight is 377 g/mol. The molecule has 126 valence electrons. The molecule has 0 atom stereocenters. The number of hydrogen-bond acceptors (Lipinski definition) is 5. The van der Waals surface area contributed by atoms with Gasteiger partial charge in [0.15, 0.2) is 10.9 Å². The fraction of sp³-hybridized carbons (Fsp3) is 0.462. The zero-order valence-corrected chi connectivity index (χ0v) is 14.8. The predicted molar refractivity (Wildman–Crippen MR) is 92.6 cm³/mol. The number of aryl methyl sites for hydroxylation is 1. The number of nitrogens with zero attached hydrogens (tertiary/aromatic N) is 4. The van der Waals surface area contributed by atoms with Crippen LogP contribution in [0.15, 0.2) is 17.4 Å². The number of carbonyl (C=O) groups is 1. The van der Waals surface area contributed by atoms with E-state index < -0.39 is 0 Å². The number of nitrogens with one attached hydrogen (secondary N) is 2. The summed E-state index contributed by atoms with van der Waals surface area (Å²) in [6, 6.07) is 1.85. The number of hydrogen-bond donors (Lipinski definition) is 2. The van der Waals surface area contributed by atoms with Crippen LogP contribution in [-0.4, -0.2) is 37.5 Å². The van der Waals surface area contributed by atoms with Crippen molar-refractivity contribution in [3.05, 3.63) is 29.3 Å². The zero-order chi connectivity index (χ0) is 14.2. The van der Waals surface area contributed by atoms with Gasteiger partial charge in [0, 0.05) is 31.6 Å². The topological polar surface area (TPSA) is 76.8 Å². The molecular formula is C13H18Cl2N6OS. The Morgan fingerprint density at radius 2 is 2.26 bits per heavy atom. The number of halogens is 2. The van der Waals surface area contributed by atoms with Crippen LogP contribution in [0.4, 0.5) is 0 Å². The normalized spacial score (nSPS) is 15.1. The molecule has 0 fully saturated rings. The predicted octanol–water partition coefficient (Wildman–Crippen LogP) is 1.06. The Balaban J connectivity index is 0.000000960. The quantitative estimate of drug-likeness (QED) is 0.837. The van der Waals surface area contributed by atoms with Gasteiger partial charge >= 0.3 is 0 Å². The van der Waals surface area contributed by atoms with Gasteiger partial charge in [0.25, 0.3) is 5.91 Å². The first kappa shape index (κ1) is 18.1. The number of thioether (sulfide) groups is 1. The van der Waals surface area contributed by atoms with Crippen molar-refractivity contribution in [1.82, 2.24) is 30.0 Å². The molecule has 7 nitrogen and oxygen atoms in total. The Hall–Kier alpha value is -1.22. The fourth-order valence-electron chi connectivity index (χ4n) is 2.61. The summed E-state index contributed by atoms with van der Waals surface area (Å²) in [4.78, 5) is 16.7. The van der Waals surface area contributed by atoms with Gasteiger partial charge in [-0.05, 0) is 6.07 Å². The lowest BCUT2D eigenvalue weighted by Gasteiger charge is -2.13. The second-order valence-corrected chi connectivity index (χ2v) is 6.22. The summed E-state index contributed by atoms with van der Waals surface area (Å²) in [5.74, 6) is 0.946. The molecule has 0 bridgehead atoms. The number of fused-ring (bicyclic) bond motifs is 2. The minimum absolute atomic E-state index is 0. The zero-order valence-electron chi connectivity index (χ0n) is 12.3. The molecule has 0 spiro atoms. The van der Waals surface area contributed by atoms with E-state index in [1.165, 1.54) is 0 Å². The SMILES string of the molecule is Cl.Cl.O=C(NCc1cn2c(n1)SCC2)c1cc2n(n1)CCNC2. The molecule has 0 aromatic carbocycles. The van der Waals surface area contributed by atoms with Crippen LogP contribution in [0, 0.1) is 0 Å². The molecule has 4 heterocycles. The number of rotatable bonds is 3. The van der Waals surface area contributed by atoms with Crippen LogP contribution in [0.3, 0.4) is 0 Å². The van der Waals surface area contributed by atoms with Crippen molar-refractivity contribution in [1.29, 1.82) is 0 Å². The highest BCUT2D eigenvalue weighted by Gasteiger charge is 2.18. The third-order valence-electron chi connectivity index (χ3n) is 3.69. The van der Waals surface area contributed by atoms with Gasteiger partial charge in [0.05, 0.1) is 24.5 Å². The molecule has 0 saturated heterocycles. The Morgan fingerprint density at radius 3 is 3.04 bits per heavy atom. The molecule has 0 radical (unpaired) electrons. The van der Waals surface area contributed by atoms with E-state index in [2.05, 4.69) is 25.3 Å². The monoisotopic (exact) mass is 376 g/mol. The molecule has 2 N–H and O–H groups in total. The van der Waals surface area contributed by atoms with Gasteiger partial charge in [-0.3, -0.25) is 9.48 Å². The summed E-state index contributed by atoms with van der Waals surface area (Å²) in [6.45, 7) is 3.92. The summed E-state index contributed by atoms with van der Waals surface area (Å²) in [5, 5.41) is 11.6. The van der Waals surface area contributed by atoms with Crippen LogP contribution in [0.5, 0.6) is 0 Å². The number of amides is 1. The molecule has 2 aliphatic heterocycles. The van der Waals surface area contributed by atoms with E-state index in [4.69, 9.17) is 0 Å². The van der Waals surface area contributed by atoms with Crippen molar-refractivity contribution in [2.45, 2.75) is 31.3 Å². The van der Waals surface area contributed by atoms with Gasteiger partial charge in [-0.15, -0.1) is 24.8 Å². The third-order valence-corrected chi connectivity index (χ3v) is 4.66. The fourth-order valence-corrected chi connectivity index (χ4v) is 3.57. The Morgan fingerprint density at radius 1 is 1.39 bits per heavy atom. The lowest BCUT2D eigenvalue weighted by atomic mass is 10.3. The maximum Gasteiger partial charge on any atom is 0.272 e. The summed E-state index contributed by atoms with van der Waals surface area (Å²) < 4.78 is 4.03. The summed E-state index contributed by atoms with van der Waals surface area (Å²) in [5.41, 5.74) is 2.44. The first-order valence-electron chi connectivity index (χ1n) is 7.04. The Bertz CT molecular complexity index is 656. The lowest BCUT2D eigenvalue weighted by Crippen LogP contribution is -2.28. The smallest absolute Gasteiger partial charge is 0.272 e. The van der Waals surface area contributed by atoms with Gasteiger partial charge in [-0.1, -0.05) is 11.8 Å². The second-order valence-electron chi connectivity index (χ2n) is 5.16. The minimum Gasteiger partial charge on any atom is -0.345 e. The molecule has 0 aliphatic carbocycles. The number of aromatic nitrogens is 4. The van der Waals surface area contributed by atoms with Crippen LogP contribution >= 0.6 is 36.6 Å². The average Bonchev–Trinajstić information content (AvgIpc) is 3.17. The van der Waals surface area contributed by atoms with E-state index in [0.29, 0.717) is 12.2 Å². The van der Waals surface area contributed by atoms with E-state index in [9.17, 15) is 4.79 Å². The molecule has 23 heavy (non-hydrogen) atoms. The standard InChI is InChI=1S/C13H16N6OS.2ClH/c20-12(11-5-10-7-14-1-2-19(10)17-11)15-6-9-8-18-3-4-21-13(18)16-9;;/h5,8,14H,1-4,6-7H2,(H,15,20);2*1H. The highest BCUT2D eigenvalue weighted by molar-refractivity contribution is 7.99. The molecule has 1 amide bonds. The van der Waals surface area contributed by atoms with Crippen molar-refractivity contribution in [3.8, 4) is 0 Å².